The molecular weight excluding hydrogens is 198 g/mol. The molecule has 1 aromatic rings. The van der Waals surface area contributed by atoms with Crippen molar-refractivity contribution in [2.75, 3.05) is 13.2 Å². The van der Waals surface area contributed by atoms with E-state index in [0.717, 1.165) is 18.9 Å². The molecule has 0 radical (unpaired) electrons. The lowest BCUT2D eigenvalue weighted by atomic mass is 9.75. The minimum Gasteiger partial charge on any atom is -0.494 e. The summed E-state index contributed by atoms with van der Waals surface area (Å²) in [5.41, 5.74) is 2.89. The van der Waals surface area contributed by atoms with Crippen LogP contribution in [-0.2, 0) is 0 Å². The summed E-state index contributed by atoms with van der Waals surface area (Å²) in [4.78, 5) is 0. The summed E-state index contributed by atoms with van der Waals surface area (Å²) >= 11 is 0. The molecule has 2 heteroatoms. The van der Waals surface area contributed by atoms with Crippen molar-refractivity contribution in [3.05, 3.63) is 29.3 Å². The molecule has 0 saturated carbocycles. The molecule has 1 aliphatic heterocycles. The molecule has 1 saturated heterocycles. The zero-order chi connectivity index (χ0) is 11.8. The van der Waals surface area contributed by atoms with Crippen LogP contribution in [-0.4, -0.2) is 18.7 Å². The van der Waals surface area contributed by atoms with Crippen LogP contribution in [0.4, 0.5) is 0 Å². The van der Waals surface area contributed by atoms with Gasteiger partial charge in [-0.3, -0.25) is 0 Å². The molecule has 88 valence electrons. The highest BCUT2D eigenvalue weighted by Crippen LogP contribution is 2.36. The molecule has 1 atom stereocenters. The van der Waals surface area contributed by atoms with Gasteiger partial charge in [-0.25, -0.2) is 0 Å². The average Bonchev–Trinajstić information content (AvgIpc) is 2.21. The number of benzene rings is 1. The van der Waals surface area contributed by atoms with Crippen molar-refractivity contribution in [2.45, 2.75) is 39.2 Å². The van der Waals surface area contributed by atoms with Gasteiger partial charge in [0.2, 0.25) is 0 Å². The SMILES string of the molecule is CCOc1ccc(C2CNC2(C)C)cc1C. The van der Waals surface area contributed by atoms with E-state index in [1.165, 1.54) is 11.1 Å². The van der Waals surface area contributed by atoms with Gasteiger partial charge in [-0.1, -0.05) is 12.1 Å². The van der Waals surface area contributed by atoms with E-state index in [1.54, 1.807) is 0 Å². The molecule has 1 N–H and O–H groups in total. The Morgan fingerprint density at radius 3 is 2.62 bits per heavy atom. The number of ether oxygens (including phenoxy) is 1. The van der Waals surface area contributed by atoms with Gasteiger partial charge in [0.1, 0.15) is 5.75 Å². The fourth-order valence-corrected chi connectivity index (χ4v) is 2.35. The normalized spacial score (nSPS) is 22.6. The second-order valence-electron chi connectivity index (χ2n) is 5.11. The lowest BCUT2D eigenvalue weighted by molar-refractivity contribution is 0.208. The lowest BCUT2D eigenvalue weighted by Crippen LogP contribution is -2.59. The van der Waals surface area contributed by atoms with Crippen molar-refractivity contribution in [3.63, 3.8) is 0 Å². The third-order valence-corrected chi connectivity index (χ3v) is 3.53. The highest BCUT2D eigenvalue weighted by Gasteiger charge is 2.38. The van der Waals surface area contributed by atoms with Crippen molar-refractivity contribution in [1.29, 1.82) is 0 Å². The molecule has 16 heavy (non-hydrogen) atoms. The lowest BCUT2D eigenvalue weighted by Gasteiger charge is -2.46. The molecule has 0 aliphatic carbocycles. The molecule has 1 aromatic carbocycles. The summed E-state index contributed by atoms with van der Waals surface area (Å²) in [5, 5.41) is 3.46. The van der Waals surface area contributed by atoms with Crippen LogP contribution in [0.1, 0.15) is 37.8 Å². The van der Waals surface area contributed by atoms with Crippen LogP contribution in [0.2, 0.25) is 0 Å². The largest absolute Gasteiger partial charge is 0.494 e. The second kappa shape index (κ2) is 4.10. The fraction of sp³-hybridized carbons (Fsp3) is 0.571. The zero-order valence-electron chi connectivity index (χ0n) is 10.6. The first kappa shape index (κ1) is 11.5. The van der Waals surface area contributed by atoms with E-state index < -0.39 is 0 Å². The van der Waals surface area contributed by atoms with Crippen molar-refractivity contribution in [2.24, 2.45) is 0 Å². The Hall–Kier alpha value is -1.02. The van der Waals surface area contributed by atoms with Crippen LogP contribution in [0.5, 0.6) is 5.75 Å². The van der Waals surface area contributed by atoms with E-state index in [0.29, 0.717) is 5.92 Å². The smallest absolute Gasteiger partial charge is 0.122 e. The van der Waals surface area contributed by atoms with Crippen LogP contribution < -0.4 is 10.1 Å². The van der Waals surface area contributed by atoms with Crippen LogP contribution in [0.25, 0.3) is 0 Å². The Morgan fingerprint density at radius 2 is 2.19 bits per heavy atom. The number of hydrogen-bond donors (Lipinski definition) is 1. The summed E-state index contributed by atoms with van der Waals surface area (Å²) in [5.74, 6) is 1.64. The summed E-state index contributed by atoms with van der Waals surface area (Å²) in [6, 6.07) is 6.56. The minimum atomic E-state index is 0.236. The van der Waals surface area contributed by atoms with Crippen LogP contribution in [0.15, 0.2) is 18.2 Å². The predicted molar refractivity (Wildman–Crippen MR) is 67.2 cm³/mol. The molecule has 0 aromatic heterocycles. The van der Waals surface area contributed by atoms with E-state index in [1.807, 2.05) is 6.92 Å². The zero-order valence-corrected chi connectivity index (χ0v) is 10.6. The van der Waals surface area contributed by atoms with Gasteiger partial charge in [-0.05, 0) is 44.9 Å². The Bertz CT molecular complexity index is 384. The monoisotopic (exact) mass is 219 g/mol. The average molecular weight is 219 g/mol. The van der Waals surface area contributed by atoms with E-state index in [9.17, 15) is 0 Å². The predicted octanol–water partition coefficient (Wildman–Crippen LogP) is 2.86. The molecule has 0 spiro atoms. The maximum absolute atomic E-state index is 5.56. The Morgan fingerprint density at radius 1 is 1.44 bits per heavy atom. The molecule has 1 heterocycles. The highest BCUT2D eigenvalue weighted by atomic mass is 16.5. The Labute approximate surface area is 98.0 Å². The van der Waals surface area contributed by atoms with Crippen LogP contribution in [0.3, 0.4) is 0 Å². The van der Waals surface area contributed by atoms with E-state index in [-0.39, 0.29) is 5.54 Å². The van der Waals surface area contributed by atoms with Crippen LogP contribution in [0, 0.1) is 6.92 Å². The summed E-state index contributed by atoms with van der Waals surface area (Å²) in [6.45, 7) is 10.5. The first-order valence-corrected chi connectivity index (χ1v) is 6.03. The maximum Gasteiger partial charge on any atom is 0.122 e. The van der Waals surface area contributed by atoms with Crippen molar-refractivity contribution in [3.8, 4) is 5.75 Å². The molecule has 2 rings (SSSR count). The number of rotatable bonds is 3. The van der Waals surface area contributed by atoms with Gasteiger partial charge in [0.05, 0.1) is 6.61 Å². The highest BCUT2D eigenvalue weighted by molar-refractivity contribution is 5.39. The third kappa shape index (κ3) is 1.94. The molecule has 2 nitrogen and oxygen atoms in total. The molecular formula is C14H21NO. The standard InChI is InChI=1S/C14H21NO/c1-5-16-13-7-6-11(8-10(13)2)12-9-15-14(12,3)4/h6-8,12,15H,5,9H2,1-4H3. The van der Waals surface area contributed by atoms with Crippen molar-refractivity contribution >= 4 is 0 Å². The van der Waals surface area contributed by atoms with E-state index in [4.69, 9.17) is 4.74 Å². The van der Waals surface area contributed by atoms with E-state index >= 15 is 0 Å². The summed E-state index contributed by atoms with van der Waals surface area (Å²) in [7, 11) is 0. The van der Waals surface area contributed by atoms with Gasteiger partial charge in [0, 0.05) is 18.0 Å². The summed E-state index contributed by atoms with van der Waals surface area (Å²) < 4.78 is 5.56. The Kier molecular flexibility index (Phi) is 2.94. The third-order valence-electron chi connectivity index (χ3n) is 3.53. The van der Waals surface area contributed by atoms with Crippen molar-refractivity contribution in [1.82, 2.24) is 5.32 Å². The molecule has 1 fully saturated rings. The molecule has 0 bridgehead atoms. The molecule has 1 unspecified atom stereocenters. The first-order valence-electron chi connectivity index (χ1n) is 6.03. The molecule has 0 amide bonds. The van der Waals surface area contributed by atoms with Gasteiger partial charge in [0.15, 0.2) is 0 Å². The van der Waals surface area contributed by atoms with Gasteiger partial charge in [-0.15, -0.1) is 0 Å². The fourth-order valence-electron chi connectivity index (χ4n) is 2.35. The maximum atomic E-state index is 5.56. The van der Waals surface area contributed by atoms with Gasteiger partial charge >= 0.3 is 0 Å². The quantitative estimate of drug-likeness (QED) is 0.844. The van der Waals surface area contributed by atoms with Gasteiger partial charge < -0.3 is 10.1 Å². The van der Waals surface area contributed by atoms with Crippen LogP contribution >= 0.6 is 0 Å². The Balaban J connectivity index is 2.21. The van der Waals surface area contributed by atoms with Gasteiger partial charge in [0.25, 0.3) is 0 Å². The summed E-state index contributed by atoms with van der Waals surface area (Å²) in [6.07, 6.45) is 0. The number of hydrogen-bond acceptors (Lipinski definition) is 2. The van der Waals surface area contributed by atoms with E-state index in [2.05, 4.69) is 44.3 Å². The first-order chi connectivity index (χ1) is 7.54. The topological polar surface area (TPSA) is 21.3 Å². The van der Waals surface area contributed by atoms with Gasteiger partial charge in [-0.2, -0.15) is 0 Å². The second-order valence-corrected chi connectivity index (χ2v) is 5.11. The minimum absolute atomic E-state index is 0.236. The number of nitrogens with one attached hydrogen (secondary N) is 1. The van der Waals surface area contributed by atoms with Crippen molar-refractivity contribution < 1.29 is 4.74 Å². The molecule has 1 aliphatic rings. The number of aryl methyl sites for hydroxylation is 1.